The SMILES string of the molecule is COCCn1nc2c(c1C#N)-c1cnc3[nH]cc(c3c1)-c1cn(nc1C(F)(F)F)CCCC(=O)N2C. The molecule has 1 aliphatic rings. The molecule has 0 radical (unpaired) electrons. The monoisotopic (exact) mass is 498 g/mol. The molecule has 4 aromatic rings. The van der Waals surface area contributed by atoms with Crippen LogP contribution in [0.15, 0.2) is 24.7 Å². The average molecular weight is 498 g/mol. The Labute approximate surface area is 202 Å². The van der Waals surface area contributed by atoms with E-state index in [0.29, 0.717) is 22.2 Å². The van der Waals surface area contributed by atoms with Gasteiger partial charge >= 0.3 is 6.18 Å². The van der Waals surface area contributed by atoms with E-state index in [9.17, 15) is 23.2 Å². The molecule has 1 aliphatic heterocycles. The fourth-order valence-corrected chi connectivity index (χ4v) is 4.39. The van der Waals surface area contributed by atoms with Gasteiger partial charge in [-0.05, 0) is 12.5 Å². The van der Waals surface area contributed by atoms with Crippen LogP contribution < -0.4 is 4.90 Å². The molecule has 10 nitrogen and oxygen atoms in total. The van der Waals surface area contributed by atoms with Crippen LogP contribution in [-0.4, -0.2) is 56.2 Å². The predicted molar refractivity (Wildman–Crippen MR) is 123 cm³/mol. The zero-order chi connectivity index (χ0) is 25.6. The highest BCUT2D eigenvalue weighted by atomic mass is 19.4. The number of hydrogen-bond acceptors (Lipinski definition) is 6. The van der Waals surface area contributed by atoms with Crippen LogP contribution in [0.25, 0.3) is 33.3 Å². The highest BCUT2D eigenvalue weighted by Crippen LogP contribution is 2.41. The van der Waals surface area contributed by atoms with Crippen molar-refractivity contribution in [1.82, 2.24) is 29.5 Å². The quantitative estimate of drug-likeness (QED) is 0.461. The van der Waals surface area contributed by atoms with Crippen LogP contribution >= 0.6 is 0 Å². The normalized spacial score (nSPS) is 14.2. The number of amides is 1. The first kappa shape index (κ1) is 23.6. The Kier molecular flexibility index (Phi) is 5.76. The number of aromatic amines is 1. The van der Waals surface area contributed by atoms with E-state index in [1.165, 1.54) is 40.0 Å². The number of rotatable bonds is 3. The molecule has 0 atom stereocenters. The van der Waals surface area contributed by atoms with E-state index in [-0.39, 0.29) is 61.1 Å². The van der Waals surface area contributed by atoms with Gasteiger partial charge in [0.2, 0.25) is 5.91 Å². The zero-order valence-corrected chi connectivity index (χ0v) is 19.4. The maximum absolute atomic E-state index is 13.9. The summed E-state index contributed by atoms with van der Waals surface area (Å²) in [7, 11) is 3.08. The number of aromatic nitrogens is 6. The minimum atomic E-state index is -4.68. The topological polar surface area (TPSA) is 118 Å². The van der Waals surface area contributed by atoms with Gasteiger partial charge < -0.3 is 9.72 Å². The molecule has 4 bridgehead atoms. The number of anilines is 1. The molecule has 186 valence electrons. The molecule has 1 amide bonds. The predicted octanol–water partition coefficient (Wildman–Crippen LogP) is 3.58. The number of nitrogens with zero attached hydrogens (tertiary/aromatic N) is 7. The molecule has 5 heterocycles. The Balaban J connectivity index is 1.80. The number of pyridine rings is 1. The van der Waals surface area contributed by atoms with Gasteiger partial charge in [0, 0.05) is 67.8 Å². The molecule has 0 fully saturated rings. The van der Waals surface area contributed by atoms with Crippen molar-refractivity contribution >= 4 is 22.8 Å². The van der Waals surface area contributed by atoms with Gasteiger partial charge in [-0.25, -0.2) is 9.67 Å². The van der Waals surface area contributed by atoms with E-state index in [1.807, 2.05) is 0 Å². The highest BCUT2D eigenvalue weighted by molar-refractivity contribution is 6.00. The number of H-pyrrole nitrogens is 1. The van der Waals surface area contributed by atoms with Gasteiger partial charge in [0.05, 0.1) is 18.7 Å². The first-order valence-corrected chi connectivity index (χ1v) is 11.1. The van der Waals surface area contributed by atoms with Crippen molar-refractivity contribution in [1.29, 1.82) is 5.26 Å². The summed E-state index contributed by atoms with van der Waals surface area (Å²) in [5, 5.41) is 18.7. The molecule has 4 aromatic heterocycles. The number of carbonyl (C=O) groups excluding carboxylic acids is 1. The van der Waals surface area contributed by atoms with Gasteiger partial charge in [0.1, 0.15) is 17.4 Å². The van der Waals surface area contributed by atoms with E-state index < -0.39 is 11.9 Å². The van der Waals surface area contributed by atoms with Crippen LogP contribution in [0.1, 0.15) is 24.2 Å². The number of nitrogens with one attached hydrogen (secondary N) is 1. The van der Waals surface area contributed by atoms with E-state index in [1.54, 1.807) is 13.1 Å². The Morgan fingerprint density at radius 3 is 2.81 bits per heavy atom. The smallest absolute Gasteiger partial charge is 0.383 e. The number of aryl methyl sites for hydroxylation is 1. The Bertz CT molecular complexity index is 1510. The summed E-state index contributed by atoms with van der Waals surface area (Å²) >= 11 is 0. The van der Waals surface area contributed by atoms with E-state index in [2.05, 4.69) is 26.2 Å². The fraction of sp³-hybridized carbons (Fsp3) is 0.348. The Morgan fingerprint density at radius 1 is 1.28 bits per heavy atom. The maximum Gasteiger partial charge on any atom is 0.435 e. The van der Waals surface area contributed by atoms with Crippen LogP contribution in [-0.2, 0) is 28.8 Å². The fourth-order valence-electron chi connectivity index (χ4n) is 4.39. The number of alkyl halides is 3. The van der Waals surface area contributed by atoms with Crippen molar-refractivity contribution in [2.45, 2.75) is 32.1 Å². The Hall–Kier alpha value is -4.18. The molecule has 0 aromatic carbocycles. The standard InChI is InChI=1S/C23H21F3N8O2/c1-32-18(35)4-3-5-33-12-16(20(30-33)23(24,25)26)15-11-29-21-14(15)8-13(10-28-21)19-17(9-27)34(6-7-36-2)31-22(19)32/h8,10-12H,3-7H2,1-2H3,(H,28,29). The van der Waals surface area contributed by atoms with Gasteiger partial charge in [0.25, 0.3) is 0 Å². The van der Waals surface area contributed by atoms with Crippen molar-refractivity contribution in [3.8, 4) is 28.3 Å². The van der Waals surface area contributed by atoms with Crippen LogP contribution in [0, 0.1) is 11.3 Å². The number of carbonyl (C=O) groups is 1. The van der Waals surface area contributed by atoms with E-state index in [4.69, 9.17) is 4.74 Å². The van der Waals surface area contributed by atoms with E-state index >= 15 is 0 Å². The Morgan fingerprint density at radius 2 is 2.08 bits per heavy atom. The van der Waals surface area contributed by atoms with Crippen molar-refractivity contribution in [2.24, 2.45) is 0 Å². The first-order valence-electron chi connectivity index (χ1n) is 11.1. The molecular weight excluding hydrogens is 477 g/mol. The number of methoxy groups -OCH3 is 1. The van der Waals surface area contributed by atoms with Crippen molar-refractivity contribution in [3.63, 3.8) is 0 Å². The summed E-state index contributed by atoms with van der Waals surface area (Å²) in [5.74, 6) is -0.0355. The van der Waals surface area contributed by atoms with Crippen LogP contribution in [0.3, 0.4) is 0 Å². The third-order valence-corrected chi connectivity index (χ3v) is 6.16. The van der Waals surface area contributed by atoms with Gasteiger partial charge in [0.15, 0.2) is 11.5 Å². The van der Waals surface area contributed by atoms with Gasteiger partial charge in [-0.3, -0.25) is 14.4 Å². The molecular formula is C23H21F3N8O2. The molecule has 0 aliphatic carbocycles. The summed E-state index contributed by atoms with van der Waals surface area (Å²) in [4.78, 5) is 21.7. The maximum atomic E-state index is 13.9. The molecule has 0 saturated heterocycles. The summed E-state index contributed by atoms with van der Waals surface area (Å²) in [6.45, 7) is 0.676. The van der Waals surface area contributed by atoms with Crippen molar-refractivity contribution in [3.05, 3.63) is 36.0 Å². The second-order valence-electron chi connectivity index (χ2n) is 8.41. The summed E-state index contributed by atoms with van der Waals surface area (Å²) < 4.78 is 49.5. The minimum absolute atomic E-state index is 0.0476. The molecule has 1 N–H and O–H groups in total. The molecule has 0 unspecified atom stereocenters. The number of ether oxygens (including phenoxy) is 1. The van der Waals surface area contributed by atoms with Crippen molar-refractivity contribution < 1.29 is 22.7 Å². The van der Waals surface area contributed by atoms with Crippen molar-refractivity contribution in [2.75, 3.05) is 25.7 Å². The number of hydrogen-bond donors (Lipinski definition) is 1. The number of halogens is 3. The average Bonchev–Trinajstić information content (AvgIpc) is 3.55. The largest absolute Gasteiger partial charge is 0.435 e. The van der Waals surface area contributed by atoms with Crippen LogP contribution in [0.5, 0.6) is 0 Å². The molecule has 5 rings (SSSR count). The van der Waals surface area contributed by atoms with E-state index in [0.717, 1.165) is 0 Å². The van der Waals surface area contributed by atoms with Crippen LogP contribution in [0.2, 0.25) is 0 Å². The second kappa shape index (κ2) is 8.80. The summed E-state index contributed by atoms with van der Waals surface area (Å²) in [6, 6.07) is 3.80. The summed E-state index contributed by atoms with van der Waals surface area (Å²) in [5.41, 5.74) is 0.550. The lowest BCUT2D eigenvalue weighted by molar-refractivity contribution is -0.141. The molecule has 13 heteroatoms. The number of fused-ring (bicyclic) bond motifs is 6. The highest BCUT2D eigenvalue weighted by Gasteiger charge is 2.38. The lowest BCUT2D eigenvalue weighted by Gasteiger charge is -2.16. The second-order valence-corrected chi connectivity index (χ2v) is 8.41. The lowest BCUT2D eigenvalue weighted by Crippen LogP contribution is -2.27. The van der Waals surface area contributed by atoms with Crippen LogP contribution in [0.4, 0.5) is 19.0 Å². The number of nitriles is 1. The third-order valence-electron chi connectivity index (χ3n) is 6.16. The molecule has 0 spiro atoms. The third kappa shape index (κ3) is 3.89. The first-order chi connectivity index (χ1) is 17.2. The summed E-state index contributed by atoms with van der Waals surface area (Å²) in [6.07, 6.45) is -0.0553. The van der Waals surface area contributed by atoms with Gasteiger partial charge in [-0.1, -0.05) is 0 Å². The van der Waals surface area contributed by atoms with Gasteiger partial charge in [-0.15, -0.1) is 0 Å². The molecule has 0 saturated carbocycles. The minimum Gasteiger partial charge on any atom is -0.383 e. The lowest BCUT2D eigenvalue weighted by atomic mass is 10.0. The van der Waals surface area contributed by atoms with Gasteiger partial charge in [-0.2, -0.15) is 28.6 Å². The zero-order valence-electron chi connectivity index (χ0n) is 19.4. The molecule has 36 heavy (non-hydrogen) atoms.